The van der Waals surface area contributed by atoms with Crippen LogP contribution in [0.5, 0.6) is 0 Å². The summed E-state index contributed by atoms with van der Waals surface area (Å²) in [5.74, 6) is -0.640. The number of fused-ring (bicyclic) bond motifs is 1. The summed E-state index contributed by atoms with van der Waals surface area (Å²) >= 11 is 1.57. The first-order chi connectivity index (χ1) is 20.5. The normalized spacial score (nSPS) is 17.2. The van der Waals surface area contributed by atoms with Crippen LogP contribution in [0.25, 0.3) is 11.3 Å². The predicted molar refractivity (Wildman–Crippen MR) is 169 cm³/mol. The lowest BCUT2D eigenvalue weighted by Gasteiger charge is -2.28. The fourth-order valence-corrected chi connectivity index (χ4v) is 6.43. The average Bonchev–Trinajstić information content (AvgIpc) is 3.65. The standard InChI is InChI=1S/C34H34N4O3S/c1-2-29(24-6-4-3-5-7-24)38-30-13-10-25(33(35)39)20-28(30)31(34(38)40)32(26-14-19-42-22-26)36-27-11-8-23(9-12-27)21-37-15-17-41-18-16-37/h3-14,19-20,22,29,36H,2,15-18,21H2,1H3,(H2,35,39)/t29-/m1/s1. The Balaban J connectivity index is 1.43. The first-order valence-electron chi connectivity index (χ1n) is 14.3. The molecular formula is C34H34N4O3S. The molecule has 1 atom stereocenters. The van der Waals surface area contributed by atoms with Crippen molar-refractivity contribution in [3.05, 3.63) is 117 Å². The molecule has 6 rings (SSSR count). The predicted octanol–water partition coefficient (Wildman–Crippen LogP) is 6.16. The summed E-state index contributed by atoms with van der Waals surface area (Å²) in [6.07, 6.45) is 0.728. The monoisotopic (exact) mass is 578 g/mol. The molecule has 214 valence electrons. The van der Waals surface area contributed by atoms with E-state index in [1.54, 1.807) is 23.5 Å². The molecule has 3 heterocycles. The van der Waals surface area contributed by atoms with Crippen LogP contribution in [0.2, 0.25) is 0 Å². The lowest BCUT2D eigenvalue weighted by Crippen LogP contribution is -2.35. The van der Waals surface area contributed by atoms with Crippen LogP contribution in [-0.2, 0) is 16.1 Å². The van der Waals surface area contributed by atoms with Crippen LogP contribution in [0, 0.1) is 0 Å². The molecule has 1 aromatic heterocycles. The molecule has 3 N–H and O–H groups in total. The Morgan fingerprint density at radius 2 is 1.76 bits per heavy atom. The topological polar surface area (TPSA) is 87.9 Å². The van der Waals surface area contributed by atoms with E-state index in [1.807, 2.05) is 46.0 Å². The molecule has 2 amide bonds. The number of nitrogens with one attached hydrogen (secondary N) is 1. The van der Waals surface area contributed by atoms with Gasteiger partial charge in [0.15, 0.2) is 0 Å². The summed E-state index contributed by atoms with van der Waals surface area (Å²) < 4.78 is 5.48. The number of nitrogens with two attached hydrogens (primary N) is 1. The van der Waals surface area contributed by atoms with Gasteiger partial charge in [-0.3, -0.25) is 14.5 Å². The van der Waals surface area contributed by atoms with Crippen molar-refractivity contribution in [3.63, 3.8) is 0 Å². The zero-order valence-electron chi connectivity index (χ0n) is 23.6. The van der Waals surface area contributed by atoms with Gasteiger partial charge in [-0.1, -0.05) is 49.4 Å². The zero-order valence-corrected chi connectivity index (χ0v) is 24.4. The van der Waals surface area contributed by atoms with Gasteiger partial charge < -0.3 is 20.7 Å². The fourth-order valence-electron chi connectivity index (χ4n) is 5.78. The molecule has 2 aliphatic rings. The molecule has 3 aromatic carbocycles. The van der Waals surface area contributed by atoms with Gasteiger partial charge in [-0.2, -0.15) is 11.3 Å². The lowest BCUT2D eigenvalue weighted by atomic mass is 9.99. The molecular weight excluding hydrogens is 544 g/mol. The molecule has 4 aromatic rings. The first-order valence-corrected chi connectivity index (χ1v) is 15.2. The number of nitrogens with zero attached hydrogens (tertiary/aromatic N) is 2. The first kappa shape index (κ1) is 27.9. The Morgan fingerprint density at radius 1 is 1.00 bits per heavy atom. The molecule has 7 nitrogen and oxygen atoms in total. The minimum absolute atomic E-state index is 0.111. The molecule has 2 aliphatic heterocycles. The van der Waals surface area contributed by atoms with Gasteiger partial charge in [0.1, 0.15) is 0 Å². The van der Waals surface area contributed by atoms with Gasteiger partial charge in [0.05, 0.1) is 36.2 Å². The number of hydrogen-bond acceptors (Lipinski definition) is 6. The molecule has 0 spiro atoms. The average molecular weight is 579 g/mol. The fraction of sp³-hybridized carbons (Fsp3) is 0.235. The van der Waals surface area contributed by atoms with E-state index in [4.69, 9.17) is 10.5 Å². The maximum absolute atomic E-state index is 14.5. The molecule has 1 saturated heterocycles. The molecule has 0 bridgehead atoms. The molecule has 0 saturated carbocycles. The zero-order chi connectivity index (χ0) is 29.1. The highest BCUT2D eigenvalue weighted by atomic mass is 32.1. The van der Waals surface area contributed by atoms with Gasteiger partial charge >= 0.3 is 0 Å². The van der Waals surface area contributed by atoms with Crippen LogP contribution < -0.4 is 16.0 Å². The second kappa shape index (κ2) is 12.3. The Hall–Kier alpha value is -4.24. The number of anilines is 2. The van der Waals surface area contributed by atoms with Crippen LogP contribution in [0.3, 0.4) is 0 Å². The van der Waals surface area contributed by atoms with E-state index in [1.165, 1.54) is 5.56 Å². The second-order valence-electron chi connectivity index (χ2n) is 10.6. The van der Waals surface area contributed by atoms with Crippen molar-refractivity contribution in [1.82, 2.24) is 4.90 Å². The van der Waals surface area contributed by atoms with E-state index in [-0.39, 0.29) is 11.9 Å². The van der Waals surface area contributed by atoms with Crippen molar-refractivity contribution >= 4 is 45.8 Å². The highest BCUT2D eigenvalue weighted by Gasteiger charge is 2.39. The number of ether oxygens (including phenoxy) is 1. The minimum atomic E-state index is -0.529. The number of rotatable bonds is 9. The van der Waals surface area contributed by atoms with E-state index < -0.39 is 5.91 Å². The van der Waals surface area contributed by atoms with E-state index in [9.17, 15) is 9.59 Å². The van der Waals surface area contributed by atoms with Gasteiger partial charge in [-0.15, -0.1) is 0 Å². The van der Waals surface area contributed by atoms with Crippen molar-refractivity contribution < 1.29 is 14.3 Å². The largest absolute Gasteiger partial charge is 0.379 e. The van der Waals surface area contributed by atoms with E-state index in [0.29, 0.717) is 22.4 Å². The molecule has 0 aliphatic carbocycles. The Bertz CT molecular complexity index is 1590. The van der Waals surface area contributed by atoms with Crippen LogP contribution in [0.15, 0.2) is 89.6 Å². The number of amides is 2. The maximum atomic E-state index is 14.5. The molecule has 0 radical (unpaired) electrons. The minimum Gasteiger partial charge on any atom is -0.379 e. The number of hydrogen-bond donors (Lipinski definition) is 2. The van der Waals surface area contributed by atoms with Crippen LogP contribution in [0.1, 0.15) is 52.0 Å². The van der Waals surface area contributed by atoms with Gasteiger partial charge in [0.2, 0.25) is 5.91 Å². The highest BCUT2D eigenvalue weighted by Crippen LogP contribution is 2.46. The van der Waals surface area contributed by atoms with Crippen LogP contribution in [-0.4, -0.2) is 43.0 Å². The second-order valence-corrected chi connectivity index (χ2v) is 11.4. The van der Waals surface area contributed by atoms with E-state index >= 15 is 0 Å². The summed E-state index contributed by atoms with van der Waals surface area (Å²) in [6.45, 7) is 6.36. The Kier molecular flexibility index (Phi) is 8.19. The van der Waals surface area contributed by atoms with Gasteiger partial charge in [-0.05, 0) is 59.3 Å². The number of benzene rings is 3. The van der Waals surface area contributed by atoms with Crippen LogP contribution in [0.4, 0.5) is 11.4 Å². The van der Waals surface area contributed by atoms with Crippen molar-refractivity contribution in [2.45, 2.75) is 25.9 Å². The third kappa shape index (κ3) is 5.61. The smallest absolute Gasteiger partial charge is 0.261 e. The number of thiophene rings is 1. The third-order valence-electron chi connectivity index (χ3n) is 7.92. The number of primary amides is 1. The summed E-state index contributed by atoms with van der Waals surface area (Å²) in [5, 5.41) is 7.61. The van der Waals surface area contributed by atoms with E-state index in [2.05, 4.69) is 53.5 Å². The maximum Gasteiger partial charge on any atom is 0.261 e. The van der Waals surface area contributed by atoms with Crippen molar-refractivity contribution in [1.29, 1.82) is 0 Å². The van der Waals surface area contributed by atoms with Crippen molar-refractivity contribution in [2.75, 3.05) is 36.5 Å². The number of carbonyl (C=O) groups is 2. The third-order valence-corrected chi connectivity index (χ3v) is 8.60. The summed E-state index contributed by atoms with van der Waals surface area (Å²) in [6, 6.07) is 25.6. The van der Waals surface area contributed by atoms with Gasteiger partial charge in [0, 0.05) is 47.4 Å². The summed E-state index contributed by atoms with van der Waals surface area (Å²) in [4.78, 5) is 31.0. The molecule has 0 unspecified atom stereocenters. The molecule has 1 fully saturated rings. The molecule has 42 heavy (non-hydrogen) atoms. The van der Waals surface area contributed by atoms with Crippen molar-refractivity contribution in [3.8, 4) is 0 Å². The lowest BCUT2D eigenvalue weighted by molar-refractivity contribution is -0.113. The van der Waals surface area contributed by atoms with Gasteiger partial charge in [-0.25, -0.2) is 0 Å². The number of carbonyl (C=O) groups excluding carboxylic acids is 2. The van der Waals surface area contributed by atoms with Gasteiger partial charge in [0.25, 0.3) is 5.91 Å². The van der Waals surface area contributed by atoms with E-state index in [0.717, 1.165) is 61.8 Å². The number of morpholine rings is 1. The summed E-state index contributed by atoms with van der Waals surface area (Å²) in [5.41, 5.74) is 12.8. The summed E-state index contributed by atoms with van der Waals surface area (Å²) in [7, 11) is 0. The SMILES string of the molecule is CC[C@H](c1ccccc1)N1C(=O)C(=C(Nc2ccc(CN3CCOCC3)cc2)c2ccsc2)c2cc(C(N)=O)ccc21. The Labute approximate surface area is 250 Å². The Morgan fingerprint density at radius 3 is 2.43 bits per heavy atom. The molecule has 8 heteroatoms. The van der Waals surface area contributed by atoms with Crippen molar-refractivity contribution in [2.24, 2.45) is 5.73 Å². The quantitative estimate of drug-likeness (QED) is 0.232. The highest BCUT2D eigenvalue weighted by molar-refractivity contribution is 7.08. The van der Waals surface area contributed by atoms with Crippen LogP contribution >= 0.6 is 11.3 Å².